The van der Waals surface area contributed by atoms with Gasteiger partial charge in [-0.15, -0.1) is 0 Å². The highest BCUT2D eigenvalue weighted by Gasteiger charge is 2.15. The van der Waals surface area contributed by atoms with Crippen molar-refractivity contribution < 1.29 is 9.47 Å². The third-order valence-corrected chi connectivity index (χ3v) is 4.85. The van der Waals surface area contributed by atoms with Gasteiger partial charge in [-0.2, -0.15) is 0 Å². The number of pyridine rings is 1. The van der Waals surface area contributed by atoms with Crippen LogP contribution in [0.5, 0.6) is 11.5 Å². The topological polar surface area (TPSA) is 43.4 Å². The SMILES string of the molecule is c1cc2c(cc1CCc1cncc(OC[C@@H]3CCCN3)c1)OCC2. The number of nitrogens with one attached hydrogen (secondary N) is 1. The highest BCUT2D eigenvalue weighted by atomic mass is 16.5. The van der Waals surface area contributed by atoms with Gasteiger partial charge in [0, 0.05) is 18.7 Å². The van der Waals surface area contributed by atoms with E-state index in [0.717, 1.165) is 50.5 Å². The molecule has 1 fully saturated rings. The second kappa shape index (κ2) is 7.22. The number of aromatic nitrogens is 1. The number of hydrogen-bond donors (Lipinski definition) is 1. The zero-order valence-electron chi connectivity index (χ0n) is 14.0. The van der Waals surface area contributed by atoms with E-state index < -0.39 is 0 Å². The highest BCUT2D eigenvalue weighted by molar-refractivity contribution is 5.40. The fourth-order valence-electron chi connectivity index (χ4n) is 3.43. The Kier molecular flexibility index (Phi) is 4.65. The first kappa shape index (κ1) is 15.5. The van der Waals surface area contributed by atoms with E-state index in [4.69, 9.17) is 9.47 Å². The molecule has 4 rings (SSSR count). The fraction of sp³-hybridized carbons (Fsp3) is 0.450. The Morgan fingerprint density at radius 1 is 1.17 bits per heavy atom. The van der Waals surface area contributed by atoms with E-state index in [2.05, 4.69) is 34.6 Å². The van der Waals surface area contributed by atoms with Gasteiger partial charge >= 0.3 is 0 Å². The lowest BCUT2D eigenvalue weighted by Crippen LogP contribution is -2.28. The second-order valence-electron chi connectivity index (χ2n) is 6.67. The van der Waals surface area contributed by atoms with Gasteiger partial charge in [0.2, 0.25) is 0 Å². The molecule has 0 aliphatic carbocycles. The molecule has 4 nitrogen and oxygen atoms in total. The van der Waals surface area contributed by atoms with Crippen LogP contribution in [0.15, 0.2) is 36.7 Å². The van der Waals surface area contributed by atoms with Crippen LogP contribution in [-0.4, -0.2) is 30.8 Å². The molecular weight excluding hydrogens is 300 g/mol. The van der Waals surface area contributed by atoms with E-state index in [9.17, 15) is 0 Å². The van der Waals surface area contributed by atoms with Crippen LogP contribution in [0.3, 0.4) is 0 Å². The molecule has 4 heteroatoms. The van der Waals surface area contributed by atoms with Gasteiger partial charge in [0.15, 0.2) is 0 Å². The molecule has 1 atom stereocenters. The van der Waals surface area contributed by atoms with Crippen LogP contribution in [0.2, 0.25) is 0 Å². The summed E-state index contributed by atoms with van der Waals surface area (Å²) in [5.41, 5.74) is 3.86. The van der Waals surface area contributed by atoms with Crippen molar-refractivity contribution in [2.45, 2.75) is 38.1 Å². The Hall–Kier alpha value is -2.07. The zero-order valence-corrected chi connectivity index (χ0v) is 14.0. The lowest BCUT2D eigenvalue weighted by atomic mass is 10.0. The maximum atomic E-state index is 5.90. The number of fused-ring (bicyclic) bond motifs is 1. The predicted molar refractivity (Wildman–Crippen MR) is 93.8 cm³/mol. The summed E-state index contributed by atoms with van der Waals surface area (Å²) in [4.78, 5) is 4.33. The molecule has 24 heavy (non-hydrogen) atoms. The third kappa shape index (κ3) is 3.70. The van der Waals surface area contributed by atoms with Crippen LogP contribution in [0, 0.1) is 0 Å². The normalized spacial score (nSPS) is 19.1. The van der Waals surface area contributed by atoms with Crippen molar-refractivity contribution in [3.8, 4) is 11.5 Å². The van der Waals surface area contributed by atoms with Gasteiger partial charge in [-0.05, 0) is 61.1 Å². The fourth-order valence-corrected chi connectivity index (χ4v) is 3.43. The molecule has 1 aromatic heterocycles. The molecule has 1 aromatic carbocycles. The van der Waals surface area contributed by atoms with E-state index >= 15 is 0 Å². The van der Waals surface area contributed by atoms with Crippen LogP contribution in [-0.2, 0) is 19.3 Å². The molecule has 3 heterocycles. The van der Waals surface area contributed by atoms with Crippen molar-refractivity contribution in [2.24, 2.45) is 0 Å². The first-order valence-electron chi connectivity index (χ1n) is 8.91. The van der Waals surface area contributed by atoms with Crippen molar-refractivity contribution in [3.05, 3.63) is 53.3 Å². The predicted octanol–water partition coefficient (Wildman–Crippen LogP) is 2.93. The van der Waals surface area contributed by atoms with Gasteiger partial charge in [-0.3, -0.25) is 4.98 Å². The number of nitrogens with zero attached hydrogens (tertiary/aromatic N) is 1. The van der Waals surface area contributed by atoms with E-state index in [1.165, 1.54) is 29.5 Å². The smallest absolute Gasteiger partial charge is 0.137 e. The minimum absolute atomic E-state index is 0.486. The van der Waals surface area contributed by atoms with E-state index in [0.29, 0.717) is 6.04 Å². The molecule has 0 radical (unpaired) electrons. The number of benzene rings is 1. The van der Waals surface area contributed by atoms with Crippen molar-refractivity contribution in [1.29, 1.82) is 0 Å². The average Bonchev–Trinajstić information content (AvgIpc) is 3.29. The minimum Gasteiger partial charge on any atom is -0.493 e. The van der Waals surface area contributed by atoms with Crippen LogP contribution >= 0.6 is 0 Å². The van der Waals surface area contributed by atoms with Gasteiger partial charge in [-0.25, -0.2) is 0 Å². The molecule has 1 N–H and O–H groups in total. The first-order chi connectivity index (χ1) is 11.9. The number of hydrogen-bond acceptors (Lipinski definition) is 4. The molecule has 0 saturated carbocycles. The third-order valence-electron chi connectivity index (χ3n) is 4.85. The van der Waals surface area contributed by atoms with Crippen LogP contribution < -0.4 is 14.8 Å². The number of rotatable bonds is 6. The number of ether oxygens (including phenoxy) is 2. The molecule has 2 aliphatic heterocycles. The second-order valence-corrected chi connectivity index (χ2v) is 6.67. The van der Waals surface area contributed by atoms with Gasteiger partial charge in [0.25, 0.3) is 0 Å². The molecule has 0 spiro atoms. The molecule has 2 aliphatic rings. The molecule has 0 amide bonds. The van der Waals surface area contributed by atoms with E-state index in [-0.39, 0.29) is 0 Å². The van der Waals surface area contributed by atoms with Crippen molar-refractivity contribution in [3.63, 3.8) is 0 Å². The van der Waals surface area contributed by atoms with Gasteiger partial charge in [-0.1, -0.05) is 12.1 Å². The van der Waals surface area contributed by atoms with Gasteiger partial charge in [0.1, 0.15) is 18.1 Å². The molecule has 0 bridgehead atoms. The largest absolute Gasteiger partial charge is 0.493 e. The Morgan fingerprint density at radius 2 is 2.12 bits per heavy atom. The maximum absolute atomic E-state index is 5.90. The monoisotopic (exact) mass is 324 g/mol. The minimum atomic E-state index is 0.486. The van der Waals surface area contributed by atoms with Crippen molar-refractivity contribution >= 4 is 0 Å². The zero-order chi connectivity index (χ0) is 16.2. The summed E-state index contributed by atoms with van der Waals surface area (Å²) in [7, 11) is 0. The average molecular weight is 324 g/mol. The summed E-state index contributed by atoms with van der Waals surface area (Å²) in [6, 6.07) is 9.20. The summed E-state index contributed by atoms with van der Waals surface area (Å²) < 4.78 is 11.6. The summed E-state index contributed by atoms with van der Waals surface area (Å²) >= 11 is 0. The van der Waals surface area contributed by atoms with Crippen molar-refractivity contribution in [1.82, 2.24) is 10.3 Å². The van der Waals surface area contributed by atoms with Crippen LogP contribution in [0.4, 0.5) is 0 Å². The Morgan fingerprint density at radius 3 is 3.04 bits per heavy atom. The summed E-state index contributed by atoms with van der Waals surface area (Å²) in [6.07, 6.45) is 9.18. The lowest BCUT2D eigenvalue weighted by Gasteiger charge is -2.12. The Labute approximate surface area is 143 Å². The maximum Gasteiger partial charge on any atom is 0.137 e. The number of aryl methyl sites for hydroxylation is 2. The molecule has 126 valence electrons. The van der Waals surface area contributed by atoms with E-state index in [1.54, 1.807) is 0 Å². The highest BCUT2D eigenvalue weighted by Crippen LogP contribution is 2.26. The Bertz CT molecular complexity index is 696. The van der Waals surface area contributed by atoms with Gasteiger partial charge < -0.3 is 14.8 Å². The Balaban J connectivity index is 1.33. The van der Waals surface area contributed by atoms with Crippen LogP contribution in [0.1, 0.15) is 29.5 Å². The molecule has 1 saturated heterocycles. The van der Waals surface area contributed by atoms with Gasteiger partial charge in [0.05, 0.1) is 12.8 Å². The summed E-state index contributed by atoms with van der Waals surface area (Å²) in [6.45, 7) is 2.65. The summed E-state index contributed by atoms with van der Waals surface area (Å²) in [5.74, 6) is 1.94. The quantitative estimate of drug-likeness (QED) is 0.887. The lowest BCUT2D eigenvalue weighted by molar-refractivity contribution is 0.276. The van der Waals surface area contributed by atoms with Crippen LogP contribution in [0.25, 0.3) is 0 Å². The molecule has 2 aromatic rings. The molecular formula is C20H24N2O2. The molecule has 0 unspecified atom stereocenters. The van der Waals surface area contributed by atoms with Crippen molar-refractivity contribution in [2.75, 3.05) is 19.8 Å². The first-order valence-corrected chi connectivity index (χ1v) is 8.91. The summed E-state index contributed by atoms with van der Waals surface area (Å²) in [5, 5.41) is 3.45. The van der Waals surface area contributed by atoms with E-state index in [1.807, 2.05) is 12.4 Å². The standard InChI is InChI=1S/C20H24N2O2/c1-2-18(22-8-1)14-24-19-10-16(12-21-13-19)4-3-15-5-6-17-7-9-23-20(17)11-15/h5-6,10-13,18,22H,1-4,7-9,14H2/t18-/m0/s1.